The van der Waals surface area contributed by atoms with Crippen LogP contribution in [0.4, 0.5) is 4.39 Å². The first kappa shape index (κ1) is 8.96. The number of benzene rings is 1. The highest BCUT2D eigenvalue weighted by Crippen LogP contribution is 2.17. The first-order valence-electron chi connectivity index (χ1n) is 4.76. The lowest BCUT2D eigenvalue weighted by Crippen LogP contribution is -1.93. The van der Waals surface area contributed by atoms with Gasteiger partial charge in [0.15, 0.2) is 5.65 Å². The molecular formula is C11H7FN4. The van der Waals surface area contributed by atoms with Gasteiger partial charge in [-0.2, -0.15) is 9.61 Å². The van der Waals surface area contributed by atoms with E-state index in [4.69, 9.17) is 0 Å². The fourth-order valence-electron chi connectivity index (χ4n) is 1.53. The summed E-state index contributed by atoms with van der Waals surface area (Å²) in [4.78, 5) is 0. The zero-order valence-electron chi connectivity index (χ0n) is 8.21. The van der Waals surface area contributed by atoms with Crippen molar-refractivity contribution in [1.29, 1.82) is 0 Å². The molecule has 1 aromatic carbocycles. The van der Waals surface area contributed by atoms with E-state index in [1.165, 1.54) is 18.5 Å². The average molecular weight is 214 g/mol. The summed E-state index contributed by atoms with van der Waals surface area (Å²) in [5.74, 6) is -0.275. The van der Waals surface area contributed by atoms with Crippen molar-refractivity contribution in [3.63, 3.8) is 0 Å². The van der Waals surface area contributed by atoms with Gasteiger partial charge in [0.05, 0.1) is 5.69 Å². The molecular weight excluding hydrogens is 207 g/mol. The molecule has 0 saturated carbocycles. The predicted octanol–water partition coefficient (Wildman–Crippen LogP) is 1.93. The van der Waals surface area contributed by atoms with Crippen molar-refractivity contribution in [2.75, 3.05) is 0 Å². The summed E-state index contributed by atoms with van der Waals surface area (Å²) < 4.78 is 14.6. The second-order valence-electron chi connectivity index (χ2n) is 3.36. The van der Waals surface area contributed by atoms with E-state index < -0.39 is 0 Å². The number of rotatable bonds is 1. The molecule has 0 aliphatic heterocycles. The Morgan fingerprint density at radius 1 is 1.12 bits per heavy atom. The normalized spacial score (nSPS) is 10.8. The van der Waals surface area contributed by atoms with E-state index in [1.807, 2.05) is 6.07 Å². The number of fused-ring (bicyclic) bond motifs is 1. The highest BCUT2D eigenvalue weighted by Gasteiger charge is 2.03. The molecule has 0 atom stereocenters. The topological polar surface area (TPSA) is 43.1 Å². The molecule has 0 bridgehead atoms. The second kappa shape index (κ2) is 3.37. The number of halogens is 1. The van der Waals surface area contributed by atoms with Crippen molar-refractivity contribution in [1.82, 2.24) is 19.8 Å². The minimum absolute atomic E-state index is 0.275. The lowest BCUT2D eigenvalue weighted by Gasteiger charge is -2.00. The molecule has 0 saturated heterocycles. The summed E-state index contributed by atoms with van der Waals surface area (Å²) in [5.41, 5.74) is 2.09. The maximum Gasteiger partial charge on any atom is 0.177 e. The minimum Gasteiger partial charge on any atom is -0.207 e. The number of hydrogen-bond acceptors (Lipinski definition) is 3. The van der Waals surface area contributed by atoms with E-state index >= 15 is 0 Å². The SMILES string of the molecule is Fc1cccc(-c2ccc3nncn3n2)c1. The molecule has 0 fully saturated rings. The average Bonchev–Trinajstić information content (AvgIpc) is 2.75. The Morgan fingerprint density at radius 3 is 2.94 bits per heavy atom. The first-order chi connectivity index (χ1) is 7.83. The van der Waals surface area contributed by atoms with Crippen LogP contribution in [0, 0.1) is 5.82 Å². The Labute approximate surface area is 90.4 Å². The lowest BCUT2D eigenvalue weighted by atomic mass is 10.1. The van der Waals surface area contributed by atoms with Crippen LogP contribution in [0.25, 0.3) is 16.9 Å². The molecule has 78 valence electrons. The van der Waals surface area contributed by atoms with Gasteiger partial charge < -0.3 is 0 Å². The van der Waals surface area contributed by atoms with Crippen LogP contribution >= 0.6 is 0 Å². The van der Waals surface area contributed by atoms with Gasteiger partial charge in [-0.3, -0.25) is 0 Å². The van der Waals surface area contributed by atoms with Gasteiger partial charge in [0.25, 0.3) is 0 Å². The van der Waals surface area contributed by atoms with E-state index in [1.54, 1.807) is 22.7 Å². The third-order valence-corrected chi connectivity index (χ3v) is 2.28. The van der Waals surface area contributed by atoms with Crippen LogP contribution in [0.3, 0.4) is 0 Å². The standard InChI is InChI=1S/C11H7FN4/c12-9-3-1-2-8(6-9)10-4-5-11-14-13-7-16(11)15-10/h1-7H. The molecule has 2 aromatic heterocycles. The lowest BCUT2D eigenvalue weighted by molar-refractivity contribution is 0.628. The van der Waals surface area contributed by atoms with Crippen LogP contribution < -0.4 is 0 Å². The van der Waals surface area contributed by atoms with Gasteiger partial charge >= 0.3 is 0 Å². The largest absolute Gasteiger partial charge is 0.207 e. The molecule has 3 rings (SSSR count). The van der Waals surface area contributed by atoms with Crippen molar-refractivity contribution < 1.29 is 4.39 Å². The molecule has 0 aliphatic rings. The molecule has 0 N–H and O–H groups in total. The first-order valence-corrected chi connectivity index (χ1v) is 4.76. The number of hydrogen-bond donors (Lipinski definition) is 0. The second-order valence-corrected chi connectivity index (χ2v) is 3.36. The summed E-state index contributed by atoms with van der Waals surface area (Å²) in [6, 6.07) is 9.89. The highest BCUT2D eigenvalue weighted by atomic mass is 19.1. The number of nitrogens with zero attached hydrogens (tertiary/aromatic N) is 4. The van der Waals surface area contributed by atoms with E-state index in [9.17, 15) is 4.39 Å². The van der Waals surface area contributed by atoms with Crippen LogP contribution in [0.15, 0.2) is 42.7 Å². The van der Waals surface area contributed by atoms with E-state index in [-0.39, 0.29) is 5.82 Å². The summed E-state index contributed by atoms with van der Waals surface area (Å²) in [5, 5.41) is 11.8. The van der Waals surface area contributed by atoms with Crippen molar-refractivity contribution in [3.05, 3.63) is 48.5 Å². The molecule has 2 heterocycles. The monoisotopic (exact) mass is 214 g/mol. The fourth-order valence-corrected chi connectivity index (χ4v) is 1.53. The van der Waals surface area contributed by atoms with Crippen LogP contribution in [-0.2, 0) is 0 Å². The van der Waals surface area contributed by atoms with Gasteiger partial charge in [-0.1, -0.05) is 12.1 Å². The quantitative estimate of drug-likeness (QED) is 0.621. The maximum absolute atomic E-state index is 13.0. The molecule has 0 aliphatic carbocycles. The number of aromatic nitrogens is 4. The summed E-state index contributed by atoms with van der Waals surface area (Å²) in [7, 11) is 0. The van der Waals surface area contributed by atoms with E-state index in [0.29, 0.717) is 11.3 Å². The minimum atomic E-state index is -0.275. The van der Waals surface area contributed by atoms with Crippen LogP contribution in [0.2, 0.25) is 0 Å². The summed E-state index contributed by atoms with van der Waals surface area (Å²) >= 11 is 0. The summed E-state index contributed by atoms with van der Waals surface area (Å²) in [6.07, 6.45) is 1.51. The van der Waals surface area contributed by atoms with Gasteiger partial charge in [-0.05, 0) is 24.3 Å². The van der Waals surface area contributed by atoms with Gasteiger partial charge in [-0.15, -0.1) is 10.2 Å². The van der Waals surface area contributed by atoms with Crippen LogP contribution in [0.1, 0.15) is 0 Å². The molecule has 16 heavy (non-hydrogen) atoms. The maximum atomic E-state index is 13.0. The summed E-state index contributed by atoms with van der Waals surface area (Å²) in [6.45, 7) is 0. The smallest absolute Gasteiger partial charge is 0.177 e. The van der Waals surface area contributed by atoms with Crippen molar-refractivity contribution >= 4 is 5.65 Å². The van der Waals surface area contributed by atoms with Crippen LogP contribution in [-0.4, -0.2) is 19.8 Å². The molecule has 3 aromatic rings. The fraction of sp³-hybridized carbons (Fsp3) is 0. The third-order valence-electron chi connectivity index (χ3n) is 2.28. The Kier molecular flexibility index (Phi) is 1.89. The Morgan fingerprint density at radius 2 is 2.06 bits per heavy atom. The third kappa shape index (κ3) is 1.42. The Hall–Kier alpha value is -2.30. The van der Waals surface area contributed by atoms with Gasteiger partial charge in [0.2, 0.25) is 0 Å². The van der Waals surface area contributed by atoms with Gasteiger partial charge in [0.1, 0.15) is 12.1 Å². The van der Waals surface area contributed by atoms with E-state index in [0.717, 1.165) is 5.56 Å². The zero-order valence-corrected chi connectivity index (χ0v) is 8.21. The predicted molar refractivity (Wildman–Crippen MR) is 56.2 cm³/mol. The van der Waals surface area contributed by atoms with Crippen molar-refractivity contribution in [2.24, 2.45) is 0 Å². The molecule has 0 unspecified atom stereocenters. The van der Waals surface area contributed by atoms with E-state index in [2.05, 4.69) is 15.3 Å². The highest BCUT2D eigenvalue weighted by molar-refractivity contribution is 5.59. The molecule has 0 amide bonds. The zero-order chi connectivity index (χ0) is 11.0. The Bertz CT molecular complexity index is 647. The molecule has 4 nitrogen and oxygen atoms in total. The molecule has 5 heteroatoms. The van der Waals surface area contributed by atoms with Crippen molar-refractivity contribution in [3.8, 4) is 11.3 Å². The Balaban J connectivity index is 2.18. The van der Waals surface area contributed by atoms with Crippen molar-refractivity contribution in [2.45, 2.75) is 0 Å². The molecule has 0 spiro atoms. The molecule has 0 radical (unpaired) electrons. The van der Waals surface area contributed by atoms with Crippen LogP contribution in [0.5, 0.6) is 0 Å². The van der Waals surface area contributed by atoms with Gasteiger partial charge in [0, 0.05) is 5.56 Å². The van der Waals surface area contributed by atoms with Gasteiger partial charge in [-0.25, -0.2) is 4.39 Å².